The maximum atomic E-state index is 6.07. The second-order valence-electron chi connectivity index (χ2n) is 5.76. The lowest BCUT2D eigenvalue weighted by Gasteiger charge is -2.13. The molecule has 0 fully saturated rings. The number of hydrogen-bond donors (Lipinski definition) is 1. The number of ether oxygens (including phenoxy) is 1. The van der Waals surface area contributed by atoms with Crippen molar-refractivity contribution >= 4 is 0 Å². The van der Waals surface area contributed by atoms with Crippen molar-refractivity contribution in [2.24, 2.45) is 12.8 Å². The third-order valence-electron chi connectivity index (χ3n) is 3.74. The van der Waals surface area contributed by atoms with Crippen LogP contribution in [-0.2, 0) is 13.7 Å². The fourth-order valence-corrected chi connectivity index (χ4v) is 2.45. The highest BCUT2D eigenvalue weighted by Crippen LogP contribution is 2.28. The number of hydrogen-bond acceptors (Lipinski definition) is 3. The molecule has 0 aliphatic rings. The summed E-state index contributed by atoms with van der Waals surface area (Å²) in [5, 5.41) is 4.24. The summed E-state index contributed by atoms with van der Waals surface area (Å²) in [5.74, 6) is 0.822. The Hall–Kier alpha value is -2.59. The van der Waals surface area contributed by atoms with Gasteiger partial charge in [0.25, 0.3) is 0 Å². The molecule has 0 amide bonds. The molecule has 23 heavy (non-hydrogen) atoms. The van der Waals surface area contributed by atoms with Gasteiger partial charge in [0.1, 0.15) is 12.4 Å². The van der Waals surface area contributed by atoms with E-state index in [2.05, 4.69) is 23.3 Å². The Morgan fingerprint density at radius 1 is 1.13 bits per heavy atom. The summed E-state index contributed by atoms with van der Waals surface area (Å²) < 4.78 is 7.76. The summed E-state index contributed by atoms with van der Waals surface area (Å²) in [5.41, 5.74) is 10.4. The number of rotatable bonds is 5. The van der Waals surface area contributed by atoms with Crippen molar-refractivity contribution in [2.75, 3.05) is 0 Å². The zero-order chi connectivity index (χ0) is 16.2. The van der Waals surface area contributed by atoms with Gasteiger partial charge in [0, 0.05) is 24.8 Å². The fourth-order valence-electron chi connectivity index (χ4n) is 2.45. The van der Waals surface area contributed by atoms with Gasteiger partial charge in [-0.1, -0.05) is 30.3 Å². The van der Waals surface area contributed by atoms with Crippen LogP contribution in [-0.4, -0.2) is 9.78 Å². The molecule has 0 radical (unpaired) electrons. The molecule has 0 spiro atoms. The van der Waals surface area contributed by atoms with E-state index < -0.39 is 0 Å². The van der Waals surface area contributed by atoms with Crippen LogP contribution in [0, 0.1) is 0 Å². The van der Waals surface area contributed by atoms with Gasteiger partial charge in [-0.15, -0.1) is 0 Å². The van der Waals surface area contributed by atoms with Crippen molar-refractivity contribution in [1.82, 2.24) is 9.78 Å². The van der Waals surface area contributed by atoms with Crippen molar-refractivity contribution < 1.29 is 4.74 Å². The highest BCUT2D eigenvalue weighted by atomic mass is 16.5. The van der Waals surface area contributed by atoms with Crippen LogP contribution in [0.4, 0.5) is 0 Å². The molecule has 1 heterocycles. The molecule has 1 atom stereocenters. The molecule has 0 unspecified atom stereocenters. The molecule has 0 bridgehead atoms. The van der Waals surface area contributed by atoms with E-state index in [-0.39, 0.29) is 6.04 Å². The van der Waals surface area contributed by atoms with Crippen molar-refractivity contribution in [1.29, 1.82) is 0 Å². The molecule has 3 aromatic rings. The van der Waals surface area contributed by atoms with E-state index in [0.717, 1.165) is 28.0 Å². The van der Waals surface area contributed by atoms with Gasteiger partial charge in [-0.05, 0) is 41.8 Å². The van der Waals surface area contributed by atoms with Gasteiger partial charge in [0.2, 0.25) is 0 Å². The highest BCUT2D eigenvalue weighted by Gasteiger charge is 2.09. The van der Waals surface area contributed by atoms with E-state index in [1.54, 1.807) is 4.68 Å². The maximum absolute atomic E-state index is 6.07. The summed E-state index contributed by atoms with van der Waals surface area (Å²) in [6.07, 6.45) is 3.84. The molecule has 0 saturated heterocycles. The van der Waals surface area contributed by atoms with Crippen LogP contribution in [0.2, 0.25) is 0 Å². The molecule has 118 valence electrons. The summed E-state index contributed by atoms with van der Waals surface area (Å²) in [6.45, 7) is 2.51. The highest BCUT2D eigenvalue weighted by molar-refractivity contribution is 5.65. The number of nitrogens with zero attached hydrogens (tertiary/aromatic N) is 2. The Morgan fingerprint density at radius 3 is 2.57 bits per heavy atom. The largest absolute Gasteiger partial charge is 0.489 e. The molecule has 0 saturated carbocycles. The summed E-state index contributed by atoms with van der Waals surface area (Å²) in [6, 6.07) is 16.2. The topological polar surface area (TPSA) is 53.1 Å². The monoisotopic (exact) mass is 307 g/mol. The molecular weight excluding hydrogens is 286 g/mol. The van der Waals surface area contributed by atoms with Crippen molar-refractivity contribution in [3.05, 3.63) is 72.1 Å². The van der Waals surface area contributed by atoms with Crippen LogP contribution >= 0.6 is 0 Å². The maximum Gasteiger partial charge on any atom is 0.120 e. The Labute approximate surface area is 136 Å². The lowest BCUT2D eigenvalue weighted by Crippen LogP contribution is -2.06. The summed E-state index contributed by atoms with van der Waals surface area (Å²) in [7, 11) is 1.91. The lowest BCUT2D eigenvalue weighted by atomic mass is 10.0. The Bertz CT molecular complexity index is 778. The van der Waals surface area contributed by atoms with E-state index in [4.69, 9.17) is 10.5 Å². The van der Waals surface area contributed by atoms with Crippen LogP contribution in [0.3, 0.4) is 0 Å². The molecule has 0 aliphatic heterocycles. The molecule has 3 rings (SSSR count). The van der Waals surface area contributed by atoms with E-state index in [1.165, 1.54) is 0 Å². The smallest absolute Gasteiger partial charge is 0.120 e. The first-order valence-electron chi connectivity index (χ1n) is 7.68. The van der Waals surface area contributed by atoms with Crippen LogP contribution < -0.4 is 10.5 Å². The average molecular weight is 307 g/mol. The molecular formula is C19H21N3O. The minimum Gasteiger partial charge on any atom is -0.489 e. The molecule has 2 aromatic carbocycles. The second-order valence-corrected chi connectivity index (χ2v) is 5.76. The van der Waals surface area contributed by atoms with E-state index in [0.29, 0.717) is 6.61 Å². The van der Waals surface area contributed by atoms with Gasteiger partial charge in [0.05, 0.1) is 6.20 Å². The number of aryl methyl sites for hydroxylation is 1. The van der Waals surface area contributed by atoms with E-state index in [9.17, 15) is 0 Å². The lowest BCUT2D eigenvalue weighted by molar-refractivity contribution is 0.306. The number of nitrogens with two attached hydrogens (primary N) is 1. The van der Waals surface area contributed by atoms with E-state index in [1.807, 2.05) is 56.7 Å². The van der Waals surface area contributed by atoms with Crippen LogP contribution in [0.15, 0.2) is 60.9 Å². The normalized spacial score (nSPS) is 12.1. The number of benzene rings is 2. The van der Waals surface area contributed by atoms with Crippen molar-refractivity contribution in [2.45, 2.75) is 19.6 Å². The zero-order valence-corrected chi connectivity index (χ0v) is 13.4. The Balaban J connectivity index is 1.88. The first-order chi connectivity index (χ1) is 11.1. The van der Waals surface area contributed by atoms with Crippen LogP contribution in [0.1, 0.15) is 24.1 Å². The molecule has 0 aliphatic carbocycles. The Kier molecular flexibility index (Phi) is 4.44. The molecule has 4 heteroatoms. The predicted molar refractivity (Wildman–Crippen MR) is 92.0 cm³/mol. The van der Waals surface area contributed by atoms with Gasteiger partial charge in [-0.2, -0.15) is 5.10 Å². The zero-order valence-electron chi connectivity index (χ0n) is 13.4. The molecule has 2 N–H and O–H groups in total. The molecule has 1 aromatic heterocycles. The quantitative estimate of drug-likeness (QED) is 0.782. The van der Waals surface area contributed by atoms with Gasteiger partial charge < -0.3 is 10.5 Å². The summed E-state index contributed by atoms with van der Waals surface area (Å²) in [4.78, 5) is 0. The first-order valence-corrected chi connectivity index (χ1v) is 7.68. The van der Waals surface area contributed by atoms with Crippen LogP contribution in [0.5, 0.6) is 5.75 Å². The third-order valence-corrected chi connectivity index (χ3v) is 3.74. The summed E-state index contributed by atoms with van der Waals surface area (Å²) >= 11 is 0. The fraction of sp³-hybridized carbons (Fsp3) is 0.211. The van der Waals surface area contributed by atoms with Gasteiger partial charge in [0.15, 0.2) is 0 Å². The van der Waals surface area contributed by atoms with Crippen molar-refractivity contribution in [3.63, 3.8) is 0 Å². The second kappa shape index (κ2) is 6.67. The van der Waals surface area contributed by atoms with Gasteiger partial charge >= 0.3 is 0 Å². The molecule has 4 nitrogen and oxygen atoms in total. The van der Waals surface area contributed by atoms with E-state index >= 15 is 0 Å². The van der Waals surface area contributed by atoms with Gasteiger partial charge in [-0.25, -0.2) is 0 Å². The minimum atomic E-state index is -0.0503. The predicted octanol–water partition coefficient (Wildman–Crippen LogP) is 3.69. The van der Waals surface area contributed by atoms with Crippen molar-refractivity contribution in [3.8, 4) is 16.9 Å². The minimum absolute atomic E-state index is 0.0503. The average Bonchev–Trinajstić information content (AvgIpc) is 3.00. The Morgan fingerprint density at radius 2 is 1.91 bits per heavy atom. The third kappa shape index (κ3) is 3.79. The SMILES string of the molecule is C[C@@H](N)c1cc(OCc2ccccc2)cc(-c2cnn(C)c2)c1. The first kappa shape index (κ1) is 15.3. The van der Waals surface area contributed by atoms with Crippen LogP contribution in [0.25, 0.3) is 11.1 Å². The number of aromatic nitrogens is 2. The van der Waals surface area contributed by atoms with Gasteiger partial charge in [-0.3, -0.25) is 4.68 Å². The standard InChI is InChI=1S/C19H21N3O/c1-14(20)16-8-17(18-11-21-22(2)12-18)10-19(9-16)23-13-15-6-4-3-5-7-15/h3-12,14H,13,20H2,1-2H3/t14-/m1/s1.